The van der Waals surface area contributed by atoms with Gasteiger partial charge in [-0.3, -0.25) is 0 Å². The van der Waals surface area contributed by atoms with Crippen LogP contribution in [0.4, 0.5) is 25.8 Å². The molecule has 2 aromatic carbocycles. The fourth-order valence-corrected chi connectivity index (χ4v) is 2.11. The van der Waals surface area contributed by atoms with E-state index in [1.165, 1.54) is 24.3 Å². The Morgan fingerprint density at radius 1 is 1.05 bits per heavy atom. The van der Waals surface area contributed by atoms with Crippen LogP contribution >= 0.6 is 0 Å². The molecule has 5 nitrogen and oxygen atoms in total. The molecular weight excluding hydrogens is 288 g/mol. The van der Waals surface area contributed by atoms with Crippen molar-refractivity contribution in [3.63, 3.8) is 0 Å². The molecule has 2 aromatic rings. The molecule has 8 heteroatoms. The second-order valence-corrected chi connectivity index (χ2v) is 5.58. The Balaban J connectivity index is 2.46. The van der Waals surface area contributed by atoms with Gasteiger partial charge >= 0.3 is 0 Å². The minimum absolute atomic E-state index is 0.112. The summed E-state index contributed by atoms with van der Waals surface area (Å²) in [4.78, 5) is -0.189. The lowest BCUT2D eigenvalue weighted by atomic mass is 10.2. The van der Waals surface area contributed by atoms with Gasteiger partial charge in [0.2, 0.25) is 10.0 Å². The number of sulfonamides is 1. The number of nitrogens with two attached hydrogens (primary N) is 2. The van der Waals surface area contributed by atoms with Crippen LogP contribution in [0.15, 0.2) is 41.3 Å². The Morgan fingerprint density at radius 3 is 2.40 bits per heavy atom. The molecule has 0 aliphatic heterocycles. The van der Waals surface area contributed by atoms with E-state index >= 15 is 0 Å². The number of nitrogens with one attached hydrogen (secondary N) is 1. The molecule has 0 aromatic heterocycles. The van der Waals surface area contributed by atoms with Crippen LogP contribution in [0, 0.1) is 11.6 Å². The lowest BCUT2D eigenvalue weighted by Gasteiger charge is -2.11. The quantitative estimate of drug-likeness (QED) is 0.754. The van der Waals surface area contributed by atoms with Crippen molar-refractivity contribution < 1.29 is 17.2 Å². The summed E-state index contributed by atoms with van der Waals surface area (Å²) in [6.07, 6.45) is 0. The Kier molecular flexibility index (Phi) is 3.60. The molecule has 0 heterocycles. The van der Waals surface area contributed by atoms with Crippen LogP contribution in [-0.4, -0.2) is 8.42 Å². The van der Waals surface area contributed by atoms with Crippen LogP contribution < -0.4 is 16.2 Å². The van der Waals surface area contributed by atoms with Crippen molar-refractivity contribution in [1.29, 1.82) is 0 Å². The predicted molar refractivity (Wildman–Crippen MR) is 71.9 cm³/mol. The molecule has 106 valence electrons. The van der Waals surface area contributed by atoms with Crippen molar-refractivity contribution in [3.05, 3.63) is 48.0 Å². The lowest BCUT2D eigenvalue weighted by Crippen LogP contribution is -2.12. The van der Waals surface area contributed by atoms with E-state index in [-0.39, 0.29) is 22.0 Å². The van der Waals surface area contributed by atoms with Gasteiger partial charge in [-0.05, 0) is 30.3 Å². The van der Waals surface area contributed by atoms with E-state index in [4.69, 9.17) is 10.9 Å². The van der Waals surface area contributed by atoms with Gasteiger partial charge in [0.15, 0.2) is 11.6 Å². The topological polar surface area (TPSA) is 98.2 Å². The Hall–Kier alpha value is -2.19. The Morgan fingerprint density at radius 2 is 1.75 bits per heavy atom. The van der Waals surface area contributed by atoms with E-state index in [0.717, 1.165) is 12.1 Å². The van der Waals surface area contributed by atoms with Gasteiger partial charge < -0.3 is 11.1 Å². The molecule has 0 bridgehead atoms. The fraction of sp³-hybridized carbons (Fsp3) is 0. The first-order chi connectivity index (χ1) is 9.29. The summed E-state index contributed by atoms with van der Waals surface area (Å²) < 4.78 is 49.1. The van der Waals surface area contributed by atoms with Crippen molar-refractivity contribution in [1.82, 2.24) is 0 Å². The van der Waals surface area contributed by atoms with E-state index in [9.17, 15) is 17.2 Å². The molecule has 0 spiro atoms. The first-order valence-corrected chi connectivity index (χ1v) is 6.97. The van der Waals surface area contributed by atoms with E-state index in [1.54, 1.807) is 0 Å². The third-order valence-corrected chi connectivity index (χ3v) is 3.49. The molecule has 5 N–H and O–H groups in total. The molecule has 0 saturated heterocycles. The minimum atomic E-state index is -3.92. The Bertz CT molecular complexity index is 763. The minimum Gasteiger partial charge on any atom is -0.397 e. The summed E-state index contributed by atoms with van der Waals surface area (Å²) in [5, 5.41) is 7.53. The predicted octanol–water partition coefficient (Wildman–Crippen LogP) is 1.94. The Labute approximate surface area is 114 Å². The second-order valence-electron chi connectivity index (χ2n) is 4.02. The van der Waals surface area contributed by atoms with Crippen LogP contribution in [-0.2, 0) is 10.0 Å². The maximum Gasteiger partial charge on any atom is 0.238 e. The molecular formula is C12H11F2N3O2S. The SMILES string of the molecule is Nc1ccc(S(N)(=O)=O)cc1Nc1cccc(F)c1F. The smallest absolute Gasteiger partial charge is 0.238 e. The van der Waals surface area contributed by atoms with Gasteiger partial charge in [0, 0.05) is 0 Å². The van der Waals surface area contributed by atoms with Gasteiger partial charge in [-0.2, -0.15) is 0 Å². The average molecular weight is 299 g/mol. The average Bonchev–Trinajstić information content (AvgIpc) is 2.36. The number of benzene rings is 2. The van der Waals surface area contributed by atoms with Crippen LogP contribution in [0.1, 0.15) is 0 Å². The summed E-state index contributed by atoms with van der Waals surface area (Å²) >= 11 is 0. The first kappa shape index (κ1) is 14.2. The normalized spacial score (nSPS) is 11.3. The highest BCUT2D eigenvalue weighted by Crippen LogP contribution is 2.27. The molecule has 0 unspecified atom stereocenters. The number of primary sulfonamides is 1. The van der Waals surface area contributed by atoms with E-state index in [2.05, 4.69) is 5.32 Å². The van der Waals surface area contributed by atoms with Gasteiger partial charge in [0.1, 0.15) is 0 Å². The molecule has 0 radical (unpaired) electrons. The van der Waals surface area contributed by atoms with Gasteiger partial charge in [-0.25, -0.2) is 22.3 Å². The van der Waals surface area contributed by atoms with Crippen molar-refractivity contribution in [3.8, 4) is 0 Å². The summed E-state index contributed by atoms with van der Waals surface area (Å²) in [5.74, 6) is -2.12. The van der Waals surface area contributed by atoms with Crippen molar-refractivity contribution in [2.45, 2.75) is 4.90 Å². The molecule has 2 rings (SSSR count). The number of hydrogen-bond acceptors (Lipinski definition) is 4. The second kappa shape index (κ2) is 5.06. The third kappa shape index (κ3) is 2.86. The number of hydrogen-bond donors (Lipinski definition) is 3. The maximum atomic E-state index is 13.5. The van der Waals surface area contributed by atoms with E-state index < -0.39 is 21.7 Å². The number of rotatable bonds is 3. The zero-order valence-corrected chi connectivity index (χ0v) is 10.9. The number of anilines is 3. The van der Waals surface area contributed by atoms with Crippen LogP contribution in [0.5, 0.6) is 0 Å². The van der Waals surface area contributed by atoms with Gasteiger partial charge in [-0.15, -0.1) is 0 Å². The summed E-state index contributed by atoms with van der Waals surface area (Å²) in [5.41, 5.74) is 5.77. The van der Waals surface area contributed by atoms with Crippen LogP contribution in [0.2, 0.25) is 0 Å². The van der Waals surface area contributed by atoms with Crippen molar-refractivity contribution >= 4 is 27.1 Å². The lowest BCUT2D eigenvalue weighted by molar-refractivity contribution is 0.512. The molecule has 0 fully saturated rings. The van der Waals surface area contributed by atoms with Crippen LogP contribution in [0.3, 0.4) is 0 Å². The molecule has 0 aliphatic rings. The maximum absolute atomic E-state index is 13.5. The van der Waals surface area contributed by atoms with Crippen molar-refractivity contribution in [2.24, 2.45) is 5.14 Å². The summed E-state index contributed by atoms with van der Waals surface area (Å²) in [6.45, 7) is 0. The highest BCUT2D eigenvalue weighted by Gasteiger charge is 2.13. The number of nitrogen functional groups attached to an aromatic ring is 1. The highest BCUT2D eigenvalue weighted by molar-refractivity contribution is 7.89. The van der Waals surface area contributed by atoms with E-state index in [0.29, 0.717) is 0 Å². The van der Waals surface area contributed by atoms with E-state index in [1.807, 2.05) is 0 Å². The van der Waals surface area contributed by atoms with Crippen LogP contribution in [0.25, 0.3) is 0 Å². The zero-order chi connectivity index (χ0) is 14.9. The van der Waals surface area contributed by atoms with Crippen molar-refractivity contribution in [2.75, 3.05) is 11.1 Å². The number of halogens is 2. The summed E-state index contributed by atoms with van der Waals surface area (Å²) in [6, 6.07) is 7.23. The first-order valence-electron chi connectivity index (χ1n) is 5.42. The molecule has 0 saturated carbocycles. The van der Waals surface area contributed by atoms with Gasteiger partial charge in [-0.1, -0.05) is 6.07 Å². The fourth-order valence-electron chi connectivity index (χ4n) is 1.57. The molecule has 0 aliphatic carbocycles. The molecule has 0 atom stereocenters. The zero-order valence-electron chi connectivity index (χ0n) is 10.1. The van der Waals surface area contributed by atoms with Gasteiger partial charge in [0.05, 0.1) is 22.0 Å². The largest absolute Gasteiger partial charge is 0.397 e. The highest BCUT2D eigenvalue weighted by atomic mass is 32.2. The third-order valence-electron chi connectivity index (χ3n) is 2.57. The monoisotopic (exact) mass is 299 g/mol. The standard InChI is InChI=1S/C12H11F2N3O2S/c13-8-2-1-3-10(12(8)14)17-11-6-7(20(16,18)19)4-5-9(11)15/h1-6,17H,15H2,(H2,16,18,19). The van der Waals surface area contributed by atoms with Gasteiger partial charge in [0.25, 0.3) is 0 Å². The molecule has 0 amide bonds. The molecule has 20 heavy (non-hydrogen) atoms. The summed E-state index contributed by atoms with van der Waals surface area (Å²) in [7, 11) is -3.92.